The third-order valence-electron chi connectivity index (χ3n) is 2.43. The van der Waals surface area contributed by atoms with Gasteiger partial charge in [-0.2, -0.15) is 0 Å². The highest BCUT2D eigenvalue weighted by Gasteiger charge is 2.39. The Kier molecular flexibility index (Phi) is 3.71. The second-order valence-electron chi connectivity index (χ2n) is 4.53. The molecule has 1 amide bonds. The number of aliphatic hydroxyl groups excluding tert-OH is 1. The molecule has 0 bridgehead atoms. The lowest BCUT2D eigenvalue weighted by atomic mass is 10.2. The molecule has 0 aromatic heterocycles. The van der Waals surface area contributed by atoms with Crippen LogP contribution in [-0.4, -0.2) is 22.8 Å². The average Bonchev–Trinajstić information content (AvgIpc) is 2.29. The number of aliphatic hydroxyl groups is 1. The molecule has 1 aromatic rings. The van der Waals surface area contributed by atoms with Crippen LogP contribution in [0.3, 0.4) is 0 Å². The van der Waals surface area contributed by atoms with Crippen molar-refractivity contribution in [3.8, 4) is 0 Å². The molecular weight excluding hydrogens is 330 g/mol. The van der Waals surface area contributed by atoms with E-state index in [4.69, 9.17) is 9.47 Å². The summed E-state index contributed by atoms with van der Waals surface area (Å²) in [5.74, 6) is -3.79. The summed E-state index contributed by atoms with van der Waals surface area (Å²) < 4.78 is 10.7. The second kappa shape index (κ2) is 5.16. The van der Waals surface area contributed by atoms with Crippen LogP contribution in [0.15, 0.2) is 40.3 Å². The molecular formula is C13H12BrNO5. The first kappa shape index (κ1) is 14.4. The van der Waals surface area contributed by atoms with Crippen molar-refractivity contribution in [1.29, 1.82) is 0 Å². The summed E-state index contributed by atoms with van der Waals surface area (Å²) in [6.07, 6.45) is 0. The minimum atomic E-state index is -1.30. The normalized spacial score (nSPS) is 17.2. The highest BCUT2D eigenvalue weighted by Crippen LogP contribution is 2.26. The van der Waals surface area contributed by atoms with Crippen LogP contribution in [-0.2, 0) is 19.1 Å². The summed E-state index contributed by atoms with van der Waals surface area (Å²) in [5, 5.41) is 12.1. The van der Waals surface area contributed by atoms with E-state index >= 15 is 0 Å². The van der Waals surface area contributed by atoms with Crippen LogP contribution in [0.25, 0.3) is 0 Å². The molecule has 0 spiro atoms. The predicted molar refractivity (Wildman–Crippen MR) is 73.7 cm³/mol. The fraction of sp³-hybridized carbons (Fsp3) is 0.231. The zero-order valence-electron chi connectivity index (χ0n) is 10.8. The molecule has 1 heterocycles. The molecule has 6 nitrogen and oxygen atoms in total. The Morgan fingerprint density at radius 2 is 1.85 bits per heavy atom. The van der Waals surface area contributed by atoms with Crippen molar-refractivity contribution in [2.75, 3.05) is 5.32 Å². The summed E-state index contributed by atoms with van der Waals surface area (Å²) in [6, 6.07) is 6.72. The van der Waals surface area contributed by atoms with Gasteiger partial charge in [-0.1, -0.05) is 15.9 Å². The molecule has 0 aliphatic carbocycles. The molecule has 7 heteroatoms. The lowest BCUT2D eigenvalue weighted by Crippen LogP contribution is -2.40. The van der Waals surface area contributed by atoms with Gasteiger partial charge < -0.3 is 19.9 Å². The SMILES string of the molecule is CC1(C)OC(=O)C(C(=O)Nc2ccc(Br)cc2)=C(O)O1. The monoisotopic (exact) mass is 341 g/mol. The fourth-order valence-electron chi connectivity index (χ4n) is 1.58. The van der Waals surface area contributed by atoms with Crippen molar-refractivity contribution in [2.24, 2.45) is 0 Å². The van der Waals surface area contributed by atoms with Crippen molar-refractivity contribution >= 4 is 33.5 Å². The summed E-state index contributed by atoms with van der Waals surface area (Å²) >= 11 is 3.26. The Bertz CT molecular complexity index is 591. The minimum Gasteiger partial charge on any atom is -0.480 e. The molecule has 106 valence electrons. The van der Waals surface area contributed by atoms with Crippen LogP contribution in [0.1, 0.15) is 13.8 Å². The Morgan fingerprint density at radius 1 is 1.25 bits per heavy atom. The third-order valence-corrected chi connectivity index (χ3v) is 2.96. The largest absolute Gasteiger partial charge is 0.480 e. The number of rotatable bonds is 2. The number of hydrogen-bond donors (Lipinski definition) is 2. The molecule has 1 aliphatic heterocycles. The maximum absolute atomic E-state index is 12.0. The van der Waals surface area contributed by atoms with Crippen molar-refractivity contribution in [2.45, 2.75) is 19.6 Å². The molecule has 0 unspecified atom stereocenters. The van der Waals surface area contributed by atoms with Gasteiger partial charge in [-0.25, -0.2) is 4.79 Å². The van der Waals surface area contributed by atoms with Gasteiger partial charge in [0, 0.05) is 24.0 Å². The Labute approximate surface area is 123 Å². The third kappa shape index (κ3) is 3.11. The zero-order valence-corrected chi connectivity index (χ0v) is 12.4. The molecule has 0 fully saturated rings. The first-order valence-electron chi connectivity index (χ1n) is 5.71. The number of carbonyl (C=O) groups is 2. The van der Waals surface area contributed by atoms with Gasteiger partial charge in [0.15, 0.2) is 0 Å². The number of halogens is 1. The molecule has 0 radical (unpaired) electrons. The van der Waals surface area contributed by atoms with Crippen LogP contribution in [0.5, 0.6) is 0 Å². The van der Waals surface area contributed by atoms with E-state index in [0.717, 1.165) is 4.47 Å². The number of nitrogens with one attached hydrogen (secondary N) is 1. The number of esters is 1. The Balaban J connectivity index is 2.20. The molecule has 2 rings (SSSR count). The quantitative estimate of drug-likeness (QED) is 0.637. The van der Waals surface area contributed by atoms with Gasteiger partial charge in [-0.3, -0.25) is 4.79 Å². The van der Waals surface area contributed by atoms with Gasteiger partial charge in [-0.15, -0.1) is 0 Å². The number of carbonyl (C=O) groups excluding carboxylic acids is 2. The molecule has 1 aromatic carbocycles. The molecule has 1 aliphatic rings. The summed E-state index contributed by atoms with van der Waals surface area (Å²) in [4.78, 5) is 23.7. The lowest BCUT2D eigenvalue weighted by Gasteiger charge is -2.30. The van der Waals surface area contributed by atoms with Gasteiger partial charge in [0.1, 0.15) is 0 Å². The molecule has 0 saturated carbocycles. The van der Waals surface area contributed by atoms with Crippen LogP contribution in [0.2, 0.25) is 0 Å². The van der Waals surface area contributed by atoms with Crippen molar-refractivity contribution in [3.63, 3.8) is 0 Å². The Hall–Kier alpha value is -2.02. The lowest BCUT2D eigenvalue weighted by molar-refractivity contribution is -0.221. The maximum atomic E-state index is 12.0. The standard InChI is InChI=1S/C13H12BrNO5/c1-13(2)19-11(17)9(12(18)20-13)10(16)15-8-5-3-7(14)4-6-8/h3-6,17H,1-2H3,(H,15,16). The van der Waals surface area contributed by atoms with Crippen LogP contribution in [0, 0.1) is 0 Å². The summed E-state index contributed by atoms with van der Waals surface area (Å²) in [6.45, 7) is 2.90. The van der Waals surface area contributed by atoms with Crippen molar-refractivity contribution < 1.29 is 24.2 Å². The summed E-state index contributed by atoms with van der Waals surface area (Å²) in [5.41, 5.74) is -0.0941. The first-order chi connectivity index (χ1) is 9.28. The average molecular weight is 342 g/mol. The summed E-state index contributed by atoms with van der Waals surface area (Å²) in [7, 11) is 0. The van der Waals surface area contributed by atoms with E-state index in [1.54, 1.807) is 24.3 Å². The number of cyclic esters (lactones) is 1. The maximum Gasteiger partial charge on any atom is 0.354 e. The van der Waals surface area contributed by atoms with E-state index in [2.05, 4.69) is 21.2 Å². The number of benzene rings is 1. The molecule has 0 saturated heterocycles. The molecule has 2 N–H and O–H groups in total. The van der Waals surface area contributed by atoms with E-state index in [0.29, 0.717) is 5.69 Å². The van der Waals surface area contributed by atoms with Crippen LogP contribution in [0.4, 0.5) is 5.69 Å². The Morgan fingerprint density at radius 3 is 2.40 bits per heavy atom. The topological polar surface area (TPSA) is 84.9 Å². The predicted octanol–water partition coefficient (Wildman–Crippen LogP) is 2.47. The molecule has 0 atom stereocenters. The van der Waals surface area contributed by atoms with Gasteiger partial charge in [0.2, 0.25) is 5.57 Å². The molecule has 20 heavy (non-hydrogen) atoms. The van der Waals surface area contributed by atoms with Gasteiger partial charge in [-0.05, 0) is 24.3 Å². The van der Waals surface area contributed by atoms with Gasteiger partial charge >= 0.3 is 11.9 Å². The highest BCUT2D eigenvalue weighted by molar-refractivity contribution is 9.10. The second-order valence-corrected chi connectivity index (χ2v) is 5.45. The number of amides is 1. The van der Waals surface area contributed by atoms with E-state index < -0.39 is 29.2 Å². The first-order valence-corrected chi connectivity index (χ1v) is 6.50. The number of anilines is 1. The van der Waals surface area contributed by atoms with E-state index in [1.165, 1.54) is 13.8 Å². The van der Waals surface area contributed by atoms with Crippen LogP contribution >= 0.6 is 15.9 Å². The van der Waals surface area contributed by atoms with E-state index in [-0.39, 0.29) is 0 Å². The highest BCUT2D eigenvalue weighted by atomic mass is 79.9. The van der Waals surface area contributed by atoms with E-state index in [9.17, 15) is 14.7 Å². The van der Waals surface area contributed by atoms with Crippen molar-refractivity contribution in [3.05, 3.63) is 40.3 Å². The van der Waals surface area contributed by atoms with E-state index in [1.807, 2.05) is 0 Å². The smallest absolute Gasteiger partial charge is 0.354 e. The van der Waals surface area contributed by atoms with Crippen LogP contribution < -0.4 is 5.32 Å². The zero-order chi connectivity index (χ0) is 14.9. The van der Waals surface area contributed by atoms with Gasteiger partial charge in [0.25, 0.3) is 11.7 Å². The van der Waals surface area contributed by atoms with Gasteiger partial charge in [0.05, 0.1) is 0 Å². The number of ether oxygens (including phenoxy) is 2. The fourth-order valence-corrected chi connectivity index (χ4v) is 1.85. The number of hydrogen-bond acceptors (Lipinski definition) is 5. The minimum absolute atomic E-state index is 0.469. The van der Waals surface area contributed by atoms with Crippen molar-refractivity contribution in [1.82, 2.24) is 0 Å².